The number of carbonyl (C=O) groups is 1. The molecule has 1 aromatic heterocycles. The molecule has 0 amide bonds. The van der Waals surface area contributed by atoms with E-state index in [0.717, 1.165) is 53.3 Å². The van der Waals surface area contributed by atoms with Crippen molar-refractivity contribution in [1.82, 2.24) is 5.32 Å². The second kappa shape index (κ2) is 9.66. The monoisotopic (exact) mass is 446 g/mol. The average Bonchev–Trinajstić information content (AvgIpc) is 3.30. The first-order valence-electron chi connectivity index (χ1n) is 10.4. The van der Waals surface area contributed by atoms with Gasteiger partial charge in [-0.05, 0) is 68.1 Å². The summed E-state index contributed by atoms with van der Waals surface area (Å²) in [6.45, 7) is 2.99. The van der Waals surface area contributed by atoms with Gasteiger partial charge in [0.2, 0.25) is 6.79 Å². The van der Waals surface area contributed by atoms with Crippen molar-refractivity contribution < 1.29 is 19.0 Å². The van der Waals surface area contributed by atoms with E-state index in [9.17, 15) is 4.79 Å². The Morgan fingerprint density at radius 3 is 2.80 bits per heavy atom. The van der Waals surface area contributed by atoms with Crippen molar-refractivity contribution in [2.75, 3.05) is 18.7 Å². The molecule has 6 nitrogen and oxygen atoms in total. The molecule has 2 N–H and O–H groups in total. The fourth-order valence-electron chi connectivity index (χ4n) is 3.81. The summed E-state index contributed by atoms with van der Waals surface area (Å²) in [6, 6.07) is 5.82. The Morgan fingerprint density at radius 2 is 1.97 bits per heavy atom. The summed E-state index contributed by atoms with van der Waals surface area (Å²) >= 11 is 7.14. The van der Waals surface area contributed by atoms with E-state index in [1.807, 2.05) is 25.1 Å². The lowest BCUT2D eigenvalue weighted by atomic mass is 9.96. The van der Waals surface area contributed by atoms with Gasteiger partial charge in [-0.25, -0.2) is 4.79 Å². The molecular formula is C22H26N2O4S2. The number of thiocarbonyl (C=S) groups is 1. The van der Waals surface area contributed by atoms with Crippen LogP contribution in [0.2, 0.25) is 0 Å². The molecule has 0 spiro atoms. The van der Waals surface area contributed by atoms with Gasteiger partial charge in [0.15, 0.2) is 16.6 Å². The third kappa shape index (κ3) is 4.70. The zero-order valence-corrected chi connectivity index (χ0v) is 18.7. The quantitative estimate of drug-likeness (QED) is 0.505. The summed E-state index contributed by atoms with van der Waals surface area (Å²) in [5.74, 6) is 1.24. The van der Waals surface area contributed by atoms with Gasteiger partial charge in [0, 0.05) is 11.4 Å². The van der Waals surface area contributed by atoms with Crippen LogP contribution < -0.4 is 20.1 Å². The molecule has 1 aliphatic carbocycles. The molecule has 30 heavy (non-hydrogen) atoms. The van der Waals surface area contributed by atoms with Gasteiger partial charge < -0.3 is 24.8 Å². The minimum absolute atomic E-state index is 0.256. The molecule has 0 fully saturated rings. The molecule has 0 bridgehead atoms. The Labute approximate surface area is 185 Å². The number of ether oxygens (including phenoxy) is 3. The van der Waals surface area contributed by atoms with E-state index >= 15 is 0 Å². The molecule has 2 heterocycles. The number of hydrogen-bond donors (Lipinski definition) is 2. The number of thiophene rings is 1. The SMILES string of the molecule is CCOC(=O)c1c(NC(=S)NCc2ccc3c(c2)OCO3)sc2c1CCCCCC2. The number of anilines is 1. The Bertz CT molecular complexity index is 941. The Hall–Kier alpha value is -2.32. The van der Waals surface area contributed by atoms with Crippen molar-refractivity contribution in [3.63, 3.8) is 0 Å². The van der Waals surface area contributed by atoms with Gasteiger partial charge in [-0.15, -0.1) is 11.3 Å². The number of hydrogen-bond acceptors (Lipinski definition) is 6. The highest BCUT2D eigenvalue weighted by atomic mass is 32.1. The summed E-state index contributed by atoms with van der Waals surface area (Å²) in [7, 11) is 0. The number of esters is 1. The first-order chi connectivity index (χ1) is 14.7. The molecule has 1 aliphatic heterocycles. The van der Waals surface area contributed by atoms with Gasteiger partial charge in [-0.1, -0.05) is 18.9 Å². The lowest BCUT2D eigenvalue weighted by Crippen LogP contribution is -2.28. The van der Waals surface area contributed by atoms with Crippen LogP contribution in [0.15, 0.2) is 18.2 Å². The van der Waals surface area contributed by atoms with Crippen LogP contribution in [0, 0.1) is 0 Å². The summed E-state index contributed by atoms with van der Waals surface area (Å²) in [5, 5.41) is 7.73. The molecule has 2 aliphatic rings. The number of rotatable bonds is 5. The molecule has 1 aromatic carbocycles. The van der Waals surface area contributed by atoms with Crippen molar-refractivity contribution in [3.05, 3.63) is 39.8 Å². The van der Waals surface area contributed by atoms with Crippen molar-refractivity contribution >= 4 is 39.6 Å². The van der Waals surface area contributed by atoms with E-state index in [2.05, 4.69) is 10.6 Å². The summed E-state index contributed by atoms with van der Waals surface area (Å²) in [6.07, 6.45) is 6.62. The predicted molar refractivity (Wildman–Crippen MR) is 122 cm³/mol. The highest BCUT2D eigenvalue weighted by Crippen LogP contribution is 2.37. The van der Waals surface area contributed by atoms with Crippen LogP contribution in [-0.2, 0) is 24.1 Å². The molecule has 8 heteroatoms. The summed E-state index contributed by atoms with van der Waals surface area (Å²) in [4.78, 5) is 14.0. The van der Waals surface area contributed by atoms with Gasteiger partial charge in [0.1, 0.15) is 5.00 Å². The standard InChI is InChI=1S/C22H26N2O4S2/c1-2-26-21(25)19-15-7-5-3-4-6-8-18(15)30-20(19)24-22(29)23-12-14-9-10-16-17(11-14)28-13-27-16/h9-11H,2-8,12-13H2,1H3,(H2,23,24,29). The second-order valence-electron chi connectivity index (χ2n) is 7.34. The van der Waals surface area contributed by atoms with Crippen molar-refractivity contribution in [1.29, 1.82) is 0 Å². The maximum Gasteiger partial charge on any atom is 0.341 e. The first kappa shape index (κ1) is 20.9. The zero-order valence-electron chi connectivity index (χ0n) is 17.0. The van der Waals surface area contributed by atoms with E-state index in [1.165, 1.54) is 17.7 Å². The lowest BCUT2D eigenvalue weighted by molar-refractivity contribution is 0.0526. The fraction of sp³-hybridized carbons (Fsp3) is 0.455. The minimum atomic E-state index is -0.267. The van der Waals surface area contributed by atoms with Crippen LogP contribution in [0.3, 0.4) is 0 Å². The number of carbonyl (C=O) groups excluding carboxylic acids is 1. The fourth-order valence-corrected chi connectivity index (χ4v) is 5.33. The van der Waals surface area contributed by atoms with Crippen LogP contribution in [0.4, 0.5) is 5.00 Å². The molecule has 0 radical (unpaired) electrons. The molecule has 0 atom stereocenters. The van der Waals surface area contributed by atoms with E-state index < -0.39 is 0 Å². The number of nitrogens with one attached hydrogen (secondary N) is 2. The van der Waals surface area contributed by atoms with Crippen LogP contribution in [0.5, 0.6) is 11.5 Å². The average molecular weight is 447 g/mol. The zero-order chi connectivity index (χ0) is 20.9. The molecular weight excluding hydrogens is 420 g/mol. The number of benzene rings is 1. The van der Waals surface area contributed by atoms with E-state index in [1.54, 1.807) is 11.3 Å². The van der Waals surface area contributed by atoms with Gasteiger partial charge in [0.25, 0.3) is 0 Å². The topological polar surface area (TPSA) is 68.8 Å². The van der Waals surface area contributed by atoms with Crippen molar-refractivity contribution in [3.8, 4) is 11.5 Å². The van der Waals surface area contributed by atoms with Crippen LogP contribution in [0.25, 0.3) is 0 Å². The van der Waals surface area contributed by atoms with Gasteiger partial charge >= 0.3 is 5.97 Å². The van der Waals surface area contributed by atoms with Crippen LogP contribution >= 0.6 is 23.6 Å². The normalized spacial score (nSPS) is 15.0. The van der Waals surface area contributed by atoms with Crippen molar-refractivity contribution in [2.45, 2.75) is 52.0 Å². The Morgan fingerprint density at radius 1 is 1.17 bits per heavy atom. The van der Waals surface area contributed by atoms with Crippen molar-refractivity contribution in [2.24, 2.45) is 0 Å². The molecule has 4 rings (SSSR count). The highest BCUT2D eigenvalue weighted by molar-refractivity contribution is 7.80. The van der Waals surface area contributed by atoms with Crippen LogP contribution in [-0.4, -0.2) is 24.5 Å². The Balaban J connectivity index is 1.47. The summed E-state index contributed by atoms with van der Waals surface area (Å²) < 4.78 is 16.1. The number of fused-ring (bicyclic) bond motifs is 2. The minimum Gasteiger partial charge on any atom is -0.462 e. The van der Waals surface area contributed by atoms with E-state index in [-0.39, 0.29) is 12.8 Å². The number of aryl methyl sites for hydroxylation is 1. The van der Waals surface area contributed by atoms with Gasteiger partial charge in [-0.3, -0.25) is 0 Å². The smallest absolute Gasteiger partial charge is 0.341 e. The Kier molecular flexibility index (Phi) is 6.74. The largest absolute Gasteiger partial charge is 0.462 e. The summed E-state index contributed by atoms with van der Waals surface area (Å²) in [5.41, 5.74) is 2.83. The molecule has 0 unspecified atom stereocenters. The van der Waals surface area contributed by atoms with Gasteiger partial charge in [0.05, 0.1) is 12.2 Å². The third-order valence-corrected chi connectivity index (χ3v) is 6.72. The third-order valence-electron chi connectivity index (χ3n) is 5.27. The molecule has 160 valence electrons. The lowest BCUT2D eigenvalue weighted by Gasteiger charge is -2.13. The second-order valence-corrected chi connectivity index (χ2v) is 8.85. The molecule has 2 aromatic rings. The van der Waals surface area contributed by atoms with E-state index in [0.29, 0.717) is 23.8 Å². The molecule has 0 saturated heterocycles. The van der Waals surface area contributed by atoms with Gasteiger partial charge in [-0.2, -0.15) is 0 Å². The van der Waals surface area contributed by atoms with Crippen LogP contribution in [0.1, 0.15) is 59.0 Å². The highest BCUT2D eigenvalue weighted by Gasteiger charge is 2.25. The molecule has 0 saturated carbocycles. The first-order valence-corrected chi connectivity index (χ1v) is 11.6. The maximum absolute atomic E-state index is 12.7. The predicted octanol–water partition coefficient (Wildman–Crippen LogP) is 4.80. The maximum atomic E-state index is 12.7. The van der Waals surface area contributed by atoms with E-state index in [4.69, 9.17) is 26.4 Å².